The highest BCUT2D eigenvalue weighted by atomic mass is 16.6. The molecule has 0 spiro atoms. The van der Waals surface area contributed by atoms with Gasteiger partial charge < -0.3 is 14.2 Å². The predicted molar refractivity (Wildman–Crippen MR) is 320 cm³/mol. The van der Waals surface area contributed by atoms with E-state index < -0.39 is 6.10 Å². The lowest BCUT2D eigenvalue weighted by Crippen LogP contribution is -2.30. The molecule has 0 aliphatic heterocycles. The molecule has 6 nitrogen and oxygen atoms in total. The highest BCUT2D eigenvalue weighted by molar-refractivity contribution is 5.71. The minimum atomic E-state index is -0.803. The lowest BCUT2D eigenvalue weighted by atomic mass is 10.0. The zero-order valence-corrected chi connectivity index (χ0v) is 48.6. The highest BCUT2D eigenvalue weighted by Crippen LogP contribution is 2.17. The number of esters is 3. The topological polar surface area (TPSA) is 78.9 Å². The van der Waals surface area contributed by atoms with Crippen LogP contribution in [-0.4, -0.2) is 37.2 Å². The molecule has 1 unspecified atom stereocenters. The van der Waals surface area contributed by atoms with E-state index in [2.05, 4.69) is 118 Å². The molecule has 0 aliphatic carbocycles. The minimum Gasteiger partial charge on any atom is -0.462 e. The average Bonchev–Trinajstić information content (AvgIpc) is 3.40. The lowest BCUT2D eigenvalue weighted by molar-refractivity contribution is -0.167. The van der Waals surface area contributed by atoms with Crippen LogP contribution in [0.25, 0.3) is 0 Å². The molecule has 0 saturated heterocycles. The normalized spacial score (nSPS) is 12.7. The molecule has 0 N–H and O–H groups in total. The monoisotopic (exact) mass is 1030 g/mol. The van der Waals surface area contributed by atoms with Crippen molar-refractivity contribution < 1.29 is 28.6 Å². The summed E-state index contributed by atoms with van der Waals surface area (Å²) in [5.74, 6) is -0.936. The number of unbranched alkanes of at least 4 members (excludes halogenated alkanes) is 29. The first-order valence-electron chi connectivity index (χ1n) is 31.2. The summed E-state index contributed by atoms with van der Waals surface area (Å²) in [7, 11) is 0. The summed E-state index contributed by atoms with van der Waals surface area (Å²) in [4.78, 5) is 38.3. The van der Waals surface area contributed by atoms with E-state index in [1.165, 1.54) is 122 Å². The van der Waals surface area contributed by atoms with Crippen molar-refractivity contribution in [3.05, 3.63) is 97.2 Å². The van der Waals surface area contributed by atoms with Crippen LogP contribution in [0.3, 0.4) is 0 Å². The molecule has 0 bridgehead atoms. The van der Waals surface area contributed by atoms with Gasteiger partial charge in [0, 0.05) is 19.3 Å². The van der Waals surface area contributed by atoms with E-state index in [1.54, 1.807) is 0 Å². The maximum Gasteiger partial charge on any atom is 0.306 e. The van der Waals surface area contributed by atoms with E-state index in [9.17, 15) is 14.4 Å². The third-order valence-electron chi connectivity index (χ3n) is 13.3. The third-order valence-corrected chi connectivity index (χ3v) is 13.3. The molecule has 0 aromatic carbocycles. The van der Waals surface area contributed by atoms with Crippen molar-refractivity contribution in [3.63, 3.8) is 0 Å². The first kappa shape index (κ1) is 70.3. The second kappa shape index (κ2) is 61.9. The molecule has 0 heterocycles. The molecule has 0 rings (SSSR count). The van der Waals surface area contributed by atoms with Gasteiger partial charge in [-0.25, -0.2) is 0 Å². The van der Waals surface area contributed by atoms with Crippen LogP contribution in [0.1, 0.15) is 297 Å². The summed E-state index contributed by atoms with van der Waals surface area (Å²) in [6.45, 7) is 6.40. The minimum absolute atomic E-state index is 0.0950. The van der Waals surface area contributed by atoms with Crippen molar-refractivity contribution in [2.24, 2.45) is 0 Å². The van der Waals surface area contributed by atoms with Crippen LogP contribution in [0.5, 0.6) is 0 Å². The number of ether oxygens (including phenoxy) is 3. The molecular weight excluding hydrogens is 913 g/mol. The Morgan fingerprint density at radius 2 is 0.527 bits per heavy atom. The third kappa shape index (κ3) is 59.2. The summed E-state index contributed by atoms with van der Waals surface area (Å²) >= 11 is 0. The van der Waals surface area contributed by atoms with Crippen molar-refractivity contribution >= 4 is 17.9 Å². The first-order chi connectivity index (χ1) is 36.5. The molecular formula is C68H116O6. The Bertz CT molecular complexity index is 1460. The number of carbonyl (C=O) groups is 3. The van der Waals surface area contributed by atoms with Gasteiger partial charge in [0.2, 0.25) is 0 Å². The number of rotatable bonds is 56. The molecule has 424 valence electrons. The molecule has 74 heavy (non-hydrogen) atoms. The maximum atomic E-state index is 12.9. The molecule has 0 fully saturated rings. The van der Waals surface area contributed by atoms with Crippen LogP contribution in [0.15, 0.2) is 97.2 Å². The molecule has 0 saturated carbocycles. The van der Waals surface area contributed by atoms with E-state index in [1.807, 2.05) is 0 Å². The van der Waals surface area contributed by atoms with Crippen molar-refractivity contribution in [1.29, 1.82) is 0 Å². The van der Waals surface area contributed by atoms with Crippen LogP contribution in [-0.2, 0) is 28.6 Å². The van der Waals surface area contributed by atoms with E-state index >= 15 is 0 Å². The Morgan fingerprint density at radius 1 is 0.284 bits per heavy atom. The number of hydrogen-bond acceptors (Lipinski definition) is 6. The van der Waals surface area contributed by atoms with Crippen molar-refractivity contribution in [3.8, 4) is 0 Å². The molecule has 1 atom stereocenters. The summed E-state index contributed by atoms with van der Waals surface area (Å²) in [5, 5.41) is 0. The largest absolute Gasteiger partial charge is 0.462 e. The second-order valence-electron chi connectivity index (χ2n) is 20.6. The van der Waals surface area contributed by atoms with Gasteiger partial charge in [-0.15, -0.1) is 0 Å². The van der Waals surface area contributed by atoms with Gasteiger partial charge in [0.1, 0.15) is 13.2 Å². The zero-order valence-electron chi connectivity index (χ0n) is 48.6. The summed E-state index contributed by atoms with van der Waals surface area (Å²) in [6, 6.07) is 0. The van der Waals surface area contributed by atoms with Gasteiger partial charge in [-0.2, -0.15) is 0 Å². The Balaban J connectivity index is 4.41. The number of allylic oxidation sites excluding steroid dienone is 16. The Kier molecular flexibility index (Phi) is 58.8. The van der Waals surface area contributed by atoms with Crippen LogP contribution >= 0.6 is 0 Å². The first-order valence-corrected chi connectivity index (χ1v) is 31.2. The summed E-state index contributed by atoms with van der Waals surface area (Å²) in [5.41, 5.74) is 0. The summed E-state index contributed by atoms with van der Waals surface area (Å²) < 4.78 is 16.9. The van der Waals surface area contributed by atoms with Gasteiger partial charge in [-0.1, -0.05) is 279 Å². The molecule has 0 radical (unpaired) electrons. The number of hydrogen-bond donors (Lipinski definition) is 0. The van der Waals surface area contributed by atoms with Crippen molar-refractivity contribution in [2.45, 2.75) is 303 Å². The lowest BCUT2D eigenvalue weighted by Gasteiger charge is -2.18. The van der Waals surface area contributed by atoms with Crippen LogP contribution in [0.4, 0.5) is 0 Å². The molecule has 0 aromatic heterocycles. The molecule has 0 aliphatic rings. The smallest absolute Gasteiger partial charge is 0.306 e. The van der Waals surface area contributed by atoms with Crippen molar-refractivity contribution in [2.75, 3.05) is 13.2 Å². The van der Waals surface area contributed by atoms with E-state index in [0.29, 0.717) is 12.8 Å². The quantitative estimate of drug-likeness (QED) is 0.0261. The van der Waals surface area contributed by atoms with Gasteiger partial charge in [0.15, 0.2) is 6.10 Å². The highest BCUT2D eigenvalue weighted by Gasteiger charge is 2.19. The van der Waals surface area contributed by atoms with Gasteiger partial charge in [0.25, 0.3) is 0 Å². The molecule has 0 amide bonds. The Morgan fingerprint density at radius 3 is 0.838 bits per heavy atom. The van der Waals surface area contributed by atoms with Gasteiger partial charge >= 0.3 is 17.9 Å². The fourth-order valence-corrected chi connectivity index (χ4v) is 8.72. The second-order valence-corrected chi connectivity index (χ2v) is 20.6. The fourth-order valence-electron chi connectivity index (χ4n) is 8.72. The zero-order chi connectivity index (χ0) is 53.6. The number of carbonyl (C=O) groups excluding carboxylic acids is 3. The molecule has 0 aromatic rings. The van der Waals surface area contributed by atoms with E-state index in [4.69, 9.17) is 14.2 Å². The van der Waals surface area contributed by atoms with Gasteiger partial charge in [-0.05, 0) is 96.3 Å². The van der Waals surface area contributed by atoms with Gasteiger partial charge in [0.05, 0.1) is 0 Å². The summed E-state index contributed by atoms with van der Waals surface area (Å²) in [6.07, 6.45) is 82.7. The van der Waals surface area contributed by atoms with Crippen molar-refractivity contribution in [1.82, 2.24) is 0 Å². The van der Waals surface area contributed by atoms with Crippen LogP contribution < -0.4 is 0 Å². The van der Waals surface area contributed by atoms with E-state index in [-0.39, 0.29) is 37.5 Å². The standard InChI is InChI=1S/C68H116O6/c1-4-7-10-13-16-19-22-25-28-30-32-33-34-36-37-40-43-46-49-52-55-58-61-67(70)73-64-65(63-72-66(69)60-57-54-51-48-45-42-39-27-24-21-18-15-12-9-6-3)74-68(71)62-59-56-53-50-47-44-41-38-35-31-29-26-23-20-17-14-11-8-5-2/h8-9,11-12,17-18,20-21,26-27,29,35,38-39,44,47,65H,4-7,10,13-16,19,22-25,28,30-34,36-37,40-43,45-46,48-64H2,1-3H3/b11-8-,12-9-,20-17-,21-18-,29-26-,38-35-,39-27-,47-44-. The van der Waals surface area contributed by atoms with Crippen LogP contribution in [0.2, 0.25) is 0 Å². The average molecular weight is 1030 g/mol. The molecule has 6 heteroatoms. The Labute approximate surface area is 457 Å². The SMILES string of the molecule is CC/C=C\C/C=C\C/C=C\C/C=C\C/C=C\CCCCCC(=O)OC(COC(=O)CCCCCCC/C=C\C/C=C\C/C=C\CC)COC(=O)CCCCCCCCCCCCCCCCCCCCCCCC. The maximum absolute atomic E-state index is 12.9. The Hall–Kier alpha value is -3.67. The van der Waals surface area contributed by atoms with E-state index in [0.717, 1.165) is 135 Å². The van der Waals surface area contributed by atoms with Crippen LogP contribution in [0, 0.1) is 0 Å². The fraction of sp³-hybridized carbons (Fsp3) is 0.721. The van der Waals surface area contributed by atoms with Gasteiger partial charge in [-0.3, -0.25) is 14.4 Å². The predicted octanol–water partition coefficient (Wildman–Crippen LogP) is 21.3.